The Balaban J connectivity index is 1.43. The molecule has 9 heteroatoms. The van der Waals surface area contributed by atoms with Gasteiger partial charge in [0.1, 0.15) is 17.5 Å². The van der Waals surface area contributed by atoms with Crippen LogP contribution in [0.5, 0.6) is 11.5 Å². The minimum absolute atomic E-state index is 0.0356. The van der Waals surface area contributed by atoms with Gasteiger partial charge in [-0.05, 0) is 68.3 Å². The van der Waals surface area contributed by atoms with Crippen LogP contribution in [-0.4, -0.2) is 46.0 Å². The first kappa shape index (κ1) is 25.4. The normalized spacial score (nSPS) is 15.8. The molecule has 0 spiro atoms. The van der Waals surface area contributed by atoms with E-state index in [0.29, 0.717) is 34.9 Å². The number of allylic oxidation sites excluding steroid dienone is 1. The average molecular weight is 501 g/mol. The molecular weight excluding hydrogens is 472 g/mol. The molecule has 3 N–H and O–H groups in total. The van der Waals surface area contributed by atoms with Crippen molar-refractivity contribution in [2.45, 2.75) is 31.8 Å². The minimum Gasteiger partial charge on any atom is -0.478 e. The van der Waals surface area contributed by atoms with Gasteiger partial charge < -0.3 is 25.4 Å². The molecule has 0 saturated heterocycles. The van der Waals surface area contributed by atoms with Crippen LogP contribution < -0.4 is 15.4 Å². The summed E-state index contributed by atoms with van der Waals surface area (Å²) in [5.41, 5.74) is 1.29. The number of hydrogen-bond donors (Lipinski definition) is 3. The van der Waals surface area contributed by atoms with Crippen LogP contribution in [0.2, 0.25) is 0 Å². The number of carbonyl (C=O) groups is 3. The van der Waals surface area contributed by atoms with E-state index < -0.39 is 18.0 Å². The van der Waals surface area contributed by atoms with Crippen LogP contribution in [0.3, 0.4) is 0 Å². The second-order valence-electron chi connectivity index (χ2n) is 8.73. The van der Waals surface area contributed by atoms with Crippen LogP contribution in [0, 0.1) is 0 Å². The molecule has 2 atom stereocenters. The first-order valence-electron chi connectivity index (χ1n) is 11.9. The molecule has 0 bridgehead atoms. The zero-order chi connectivity index (χ0) is 26.4. The highest BCUT2D eigenvalue weighted by Gasteiger charge is 2.33. The standard InChI is InChI=1S/C28H28N4O5/c1-18(32(2)26(33)19-12-14-21(15-13-19)37-20-8-4-3-5-9-20)11-16-22-24(27(34)35)25(31-28(36)30-22)23-10-6-7-17-29-23/h3-10,12-15,17-18,25H,11,16H2,1-2H3,(H,34,35)(H2,30,31,36). The summed E-state index contributed by atoms with van der Waals surface area (Å²) in [5.74, 6) is 0.00768. The second-order valence-corrected chi connectivity index (χ2v) is 8.73. The molecule has 0 radical (unpaired) electrons. The van der Waals surface area contributed by atoms with E-state index in [1.165, 1.54) is 0 Å². The number of carboxylic acids is 1. The van der Waals surface area contributed by atoms with Crippen molar-refractivity contribution >= 4 is 17.9 Å². The van der Waals surface area contributed by atoms with Crippen molar-refractivity contribution in [3.8, 4) is 11.5 Å². The van der Waals surface area contributed by atoms with Gasteiger partial charge in [-0.15, -0.1) is 0 Å². The Hall–Kier alpha value is -4.66. The van der Waals surface area contributed by atoms with Crippen LogP contribution in [0.25, 0.3) is 0 Å². The van der Waals surface area contributed by atoms with Crippen molar-refractivity contribution in [1.82, 2.24) is 20.5 Å². The molecule has 2 unspecified atom stereocenters. The number of hydrogen-bond acceptors (Lipinski definition) is 5. The number of carbonyl (C=O) groups excluding carboxylic acids is 2. The molecule has 3 aromatic rings. The molecule has 0 fully saturated rings. The van der Waals surface area contributed by atoms with Gasteiger partial charge >= 0.3 is 12.0 Å². The maximum Gasteiger partial charge on any atom is 0.335 e. The fourth-order valence-corrected chi connectivity index (χ4v) is 4.08. The van der Waals surface area contributed by atoms with Gasteiger partial charge in [-0.25, -0.2) is 9.59 Å². The van der Waals surface area contributed by atoms with Gasteiger partial charge in [0.2, 0.25) is 0 Å². The number of carboxylic acid groups (broad SMARTS) is 1. The van der Waals surface area contributed by atoms with Crippen LogP contribution in [0.1, 0.15) is 41.9 Å². The number of pyridine rings is 1. The van der Waals surface area contributed by atoms with Gasteiger partial charge in [0.15, 0.2) is 0 Å². The molecule has 0 saturated carbocycles. The third-order valence-electron chi connectivity index (χ3n) is 6.24. The monoisotopic (exact) mass is 500 g/mol. The van der Waals surface area contributed by atoms with Crippen molar-refractivity contribution in [2.75, 3.05) is 7.05 Å². The van der Waals surface area contributed by atoms with E-state index in [2.05, 4.69) is 15.6 Å². The Morgan fingerprint density at radius 2 is 1.70 bits per heavy atom. The van der Waals surface area contributed by atoms with Crippen molar-refractivity contribution in [3.05, 3.63) is 102 Å². The lowest BCUT2D eigenvalue weighted by atomic mass is 9.96. The van der Waals surface area contributed by atoms with Crippen molar-refractivity contribution in [2.24, 2.45) is 0 Å². The number of para-hydroxylation sites is 1. The summed E-state index contributed by atoms with van der Waals surface area (Å²) in [5, 5.41) is 15.2. The molecule has 190 valence electrons. The predicted molar refractivity (Wildman–Crippen MR) is 137 cm³/mol. The lowest BCUT2D eigenvalue weighted by Crippen LogP contribution is -2.46. The summed E-state index contributed by atoms with van der Waals surface area (Å²) in [6.45, 7) is 1.88. The number of amides is 3. The molecule has 3 amide bonds. The van der Waals surface area contributed by atoms with E-state index in [9.17, 15) is 19.5 Å². The summed E-state index contributed by atoms with van der Waals surface area (Å²) in [6.07, 6.45) is 2.26. The number of nitrogens with one attached hydrogen (secondary N) is 2. The predicted octanol–water partition coefficient (Wildman–Crippen LogP) is 4.51. The fraction of sp³-hybridized carbons (Fsp3) is 0.214. The first-order valence-corrected chi connectivity index (χ1v) is 11.9. The molecule has 1 aromatic heterocycles. The topological polar surface area (TPSA) is 121 Å². The lowest BCUT2D eigenvalue weighted by Gasteiger charge is -2.30. The fourth-order valence-electron chi connectivity index (χ4n) is 4.08. The van der Waals surface area contributed by atoms with E-state index in [1.807, 2.05) is 37.3 Å². The highest BCUT2D eigenvalue weighted by atomic mass is 16.5. The van der Waals surface area contributed by atoms with Gasteiger partial charge in [-0.3, -0.25) is 9.78 Å². The average Bonchev–Trinajstić information content (AvgIpc) is 2.91. The van der Waals surface area contributed by atoms with Crippen LogP contribution in [0.4, 0.5) is 4.79 Å². The highest BCUT2D eigenvalue weighted by Crippen LogP contribution is 2.28. The molecule has 1 aliphatic rings. The minimum atomic E-state index is -1.15. The second kappa shape index (κ2) is 11.4. The SMILES string of the molecule is CC(CCC1=C(C(=O)O)C(c2ccccn2)NC(=O)N1)N(C)C(=O)c1ccc(Oc2ccccc2)cc1. The number of ether oxygens (including phenoxy) is 1. The van der Waals surface area contributed by atoms with E-state index >= 15 is 0 Å². The number of aliphatic carboxylic acids is 1. The Bertz CT molecular complexity index is 1290. The Morgan fingerprint density at radius 1 is 1.03 bits per heavy atom. The third-order valence-corrected chi connectivity index (χ3v) is 6.24. The van der Waals surface area contributed by atoms with Gasteiger partial charge in [0.25, 0.3) is 5.91 Å². The summed E-state index contributed by atoms with van der Waals surface area (Å²) in [7, 11) is 1.70. The van der Waals surface area contributed by atoms with E-state index in [1.54, 1.807) is 60.6 Å². The summed E-state index contributed by atoms with van der Waals surface area (Å²) in [6, 6.07) is 19.8. The van der Waals surface area contributed by atoms with Crippen molar-refractivity contribution in [1.29, 1.82) is 0 Å². The third kappa shape index (κ3) is 6.13. The zero-order valence-corrected chi connectivity index (χ0v) is 20.5. The van der Waals surface area contributed by atoms with Gasteiger partial charge in [-0.1, -0.05) is 24.3 Å². The van der Waals surface area contributed by atoms with Crippen molar-refractivity contribution < 1.29 is 24.2 Å². The number of nitrogens with zero attached hydrogens (tertiary/aromatic N) is 2. The van der Waals surface area contributed by atoms with Crippen LogP contribution in [0.15, 0.2) is 90.3 Å². The summed E-state index contributed by atoms with van der Waals surface area (Å²) >= 11 is 0. The number of rotatable bonds is 9. The van der Waals surface area contributed by atoms with Crippen LogP contribution >= 0.6 is 0 Å². The Kier molecular flexibility index (Phi) is 7.83. The molecule has 4 rings (SSSR count). The molecule has 37 heavy (non-hydrogen) atoms. The van der Waals surface area contributed by atoms with E-state index in [0.717, 1.165) is 0 Å². The smallest absolute Gasteiger partial charge is 0.335 e. The van der Waals surface area contributed by atoms with Crippen LogP contribution in [-0.2, 0) is 4.79 Å². The van der Waals surface area contributed by atoms with Crippen molar-refractivity contribution in [3.63, 3.8) is 0 Å². The molecule has 1 aliphatic heterocycles. The van der Waals surface area contributed by atoms with Gasteiger partial charge in [0.05, 0.1) is 11.3 Å². The Morgan fingerprint density at radius 3 is 2.35 bits per heavy atom. The highest BCUT2D eigenvalue weighted by molar-refractivity contribution is 5.95. The van der Waals surface area contributed by atoms with Gasteiger partial charge in [0, 0.05) is 30.5 Å². The molecule has 2 heterocycles. The molecular formula is C28H28N4O5. The van der Waals surface area contributed by atoms with Gasteiger partial charge in [-0.2, -0.15) is 0 Å². The Labute approximate surface area is 214 Å². The maximum absolute atomic E-state index is 13.1. The molecule has 2 aromatic carbocycles. The number of aromatic nitrogens is 1. The van der Waals surface area contributed by atoms with E-state index in [-0.39, 0.29) is 23.9 Å². The summed E-state index contributed by atoms with van der Waals surface area (Å²) < 4.78 is 5.78. The number of benzene rings is 2. The largest absolute Gasteiger partial charge is 0.478 e. The number of urea groups is 1. The quantitative estimate of drug-likeness (QED) is 0.398. The van der Waals surface area contributed by atoms with E-state index in [4.69, 9.17) is 4.74 Å². The zero-order valence-electron chi connectivity index (χ0n) is 20.5. The maximum atomic E-state index is 13.1. The first-order chi connectivity index (χ1) is 17.8. The summed E-state index contributed by atoms with van der Waals surface area (Å²) in [4.78, 5) is 43.3. The molecule has 0 aliphatic carbocycles. The lowest BCUT2D eigenvalue weighted by molar-refractivity contribution is -0.133. The molecule has 9 nitrogen and oxygen atoms in total.